The molecule has 0 fully saturated rings. The van der Waals surface area contributed by atoms with Crippen molar-refractivity contribution < 1.29 is 19.1 Å². The third-order valence-corrected chi connectivity index (χ3v) is 7.26. The van der Waals surface area contributed by atoms with Crippen LogP contribution in [-0.2, 0) is 9.53 Å². The first kappa shape index (κ1) is 33.1. The number of aromatic nitrogens is 2. The van der Waals surface area contributed by atoms with Crippen molar-refractivity contribution in [3.8, 4) is 5.88 Å². The summed E-state index contributed by atoms with van der Waals surface area (Å²) in [6.45, 7) is 9.91. The molecule has 4 aromatic rings. The van der Waals surface area contributed by atoms with E-state index in [1.165, 1.54) is 16.5 Å². The van der Waals surface area contributed by atoms with Crippen LogP contribution in [0.5, 0.6) is 5.88 Å². The number of aromatic amines is 1. The summed E-state index contributed by atoms with van der Waals surface area (Å²) in [5.74, 6) is 0.286. The van der Waals surface area contributed by atoms with Crippen LogP contribution in [-0.4, -0.2) is 70.7 Å². The topological polar surface area (TPSA) is 87.8 Å². The van der Waals surface area contributed by atoms with Crippen LogP contribution in [0.4, 0.5) is 4.79 Å². The number of carbonyl (C=O) groups excluding carboxylic acids is 2. The lowest BCUT2D eigenvalue weighted by Gasteiger charge is -2.30. The van der Waals surface area contributed by atoms with Gasteiger partial charge in [-0.3, -0.25) is 9.69 Å². The maximum absolute atomic E-state index is 13.0. The average Bonchev–Trinajstić information content (AvgIpc) is 3.44. The van der Waals surface area contributed by atoms with Gasteiger partial charge in [0.1, 0.15) is 12.2 Å². The van der Waals surface area contributed by atoms with E-state index in [0.717, 1.165) is 39.7 Å². The highest BCUT2D eigenvalue weighted by atomic mass is 16.6. The summed E-state index contributed by atoms with van der Waals surface area (Å²) in [4.78, 5) is 36.4. The molecule has 2 aromatic heterocycles. The number of fused-ring (bicyclic) bond motifs is 1. The molecule has 0 bridgehead atoms. The Hall–Kier alpha value is -4.85. The van der Waals surface area contributed by atoms with Gasteiger partial charge in [0.25, 0.3) is 0 Å². The van der Waals surface area contributed by atoms with E-state index in [-0.39, 0.29) is 19.1 Å². The Bertz CT molecular complexity index is 1610. The molecule has 0 saturated carbocycles. The highest BCUT2D eigenvalue weighted by Gasteiger charge is 2.25. The summed E-state index contributed by atoms with van der Waals surface area (Å²) in [6, 6.07) is 24.3. The first-order valence-electron chi connectivity index (χ1n) is 15.3. The van der Waals surface area contributed by atoms with Gasteiger partial charge in [-0.1, -0.05) is 61.5 Å². The molecule has 4 rings (SSSR count). The first-order chi connectivity index (χ1) is 21.5. The number of nitrogens with one attached hydrogen (secondary N) is 1. The predicted octanol–water partition coefficient (Wildman–Crippen LogP) is 7.58. The maximum Gasteiger partial charge on any atom is 0.410 e. The molecule has 1 unspecified atom stereocenters. The van der Waals surface area contributed by atoms with Gasteiger partial charge in [0.15, 0.2) is 0 Å². The largest absolute Gasteiger partial charge is 0.476 e. The van der Waals surface area contributed by atoms with Crippen molar-refractivity contribution in [2.24, 2.45) is 0 Å². The van der Waals surface area contributed by atoms with Gasteiger partial charge in [-0.15, -0.1) is 0 Å². The van der Waals surface area contributed by atoms with Gasteiger partial charge in [-0.05, 0) is 63.5 Å². The lowest BCUT2D eigenvalue weighted by atomic mass is 9.91. The molecule has 0 saturated heterocycles. The third-order valence-electron chi connectivity index (χ3n) is 7.26. The Morgan fingerprint density at radius 3 is 2.31 bits per heavy atom. The lowest BCUT2D eigenvalue weighted by molar-refractivity contribution is -0.123. The molecule has 0 radical (unpaired) electrons. The van der Waals surface area contributed by atoms with Gasteiger partial charge < -0.3 is 19.4 Å². The smallest absolute Gasteiger partial charge is 0.410 e. The minimum absolute atomic E-state index is 0.161. The molecule has 236 valence electrons. The molecule has 0 aliphatic heterocycles. The Morgan fingerprint density at radius 1 is 0.978 bits per heavy atom. The minimum atomic E-state index is -0.663. The summed E-state index contributed by atoms with van der Waals surface area (Å²) in [5, 5.41) is 1.14. The number of para-hydroxylation sites is 1. The van der Waals surface area contributed by atoms with Crippen molar-refractivity contribution in [2.45, 2.75) is 52.7 Å². The van der Waals surface area contributed by atoms with Gasteiger partial charge >= 0.3 is 6.09 Å². The monoisotopic (exact) mass is 608 g/mol. The molecular weight excluding hydrogens is 564 g/mol. The zero-order valence-corrected chi connectivity index (χ0v) is 27.3. The number of hydrogen-bond donors (Lipinski definition) is 1. The SMILES string of the molecule is CC/C(=C(/c1ccc(OCCN(C(=O)OC(C)(C)C)C(C)/C=C/C(=O)N(C)C)nc1)c1cc2ccccc2[nH]1)c1ccccc1. The highest BCUT2D eigenvalue weighted by Crippen LogP contribution is 2.35. The first-order valence-corrected chi connectivity index (χ1v) is 15.3. The van der Waals surface area contributed by atoms with Crippen molar-refractivity contribution in [1.29, 1.82) is 0 Å². The number of carbonyl (C=O) groups is 2. The van der Waals surface area contributed by atoms with Gasteiger partial charge in [-0.25, -0.2) is 9.78 Å². The van der Waals surface area contributed by atoms with E-state index in [1.807, 2.05) is 64.2 Å². The molecule has 2 heterocycles. The van der Waals surface area contributed by atoms with Crippen LogP contribution >= 0.6 is 0 Å². The molecule has 2 aromatic carbocycles. The van der Waals surface area contributed by atoms with Crippen LogP contribution in [0.15, 0.2) is 91.1 Å². The second kappa shape index (κ2) is 14.8. The minimum Gasteiger partial charge on any atom is -0.476 e. The second-order valence-electron chi connectivity index (χ2n) is 12.1. The van der Waals surface area contributed by atoms with Gasteiger partial charge in [0.05, 0.1) is 12.6 Å². The number of nitrogens with zero attached hydrogens (tertiary/aromatic N) is 3. The Balaban J connectivity index is 1.56. The number of benzene rings is 2. The van der Waals surface area contributed by atoms with Crippen LogP contribution in [0, 0.1) is 0 Å². The molecule has 2 amide bonds. The van der Waals surface area contributed by atoms with E-state index in [2.05, 4.69) is 59.4 Å². The third kappa shape index (κ3) is 8.85. The fourth-order valence-corrected chi connectivity index (χ4v) is 4.98. The van der Waals surface area contributed by atoms with Crippen LogP contribution in [0.1, 0.15) is 57.9 Å². The van der Waals surface area contributed by atoms with E-state index in [9.17, 15) is 9.59 Å². The predicted molar refractivity (Wildman–Crippen MR) is 181 cm³/mol. The van der Waals surface area contributed by atoms with E-state index in [0.29, 0.717) is 5.88 Å². The molecular formula is C37H44N4O4. The Labute approximate surface area is 266 Å². The fourth-order valence-electron chi connectivity index (χ4n) is 4.98. The van der Waals surface area contributed by atoms with Gasteiger partial charge in [0, 0.05) is 60.2 Å². The van der Waals surface area contributed by atoms with E-state index < -0.39 is 17.7 Å². The van der Waals surface area contributed by atoms with E-state index in [1.54, 1.807) is 25.1 Å². The van der Waals surface area contributed by atoms with Crippen LogP contribution in [0.2, 0.25) is 0 Å². The van der Waals surface area contributed by atoms with Crippen LogP contribution in [0.25, 0.3) is 22.0 Å². The summed E-state index contributed by atoms with van der Waals surface area (Å²) in [7, 11) is 3.36. The normalized spacial score (nSPS) is 13.0. The van der Waals surface area contributed by atoms with Crippen LogP contribution in [0.3, 0.4) is 0 Å². The Morgan fingerprint density at radius 2 is 1.69 bits per heavy atom. The number of amides is 2. The average molecular weight is 609 g/mol. The number of allylic oxidation sites excluding steroid dienone is 1. The van der Waals surface area contributed by atoms with Crippen LogP contribution < -0.4 is 4.74 Å². The van der Waals surface area contributed by atoms with Crippen molar-refractivity contribution in [1.82, 2.24) is 19.8 Å². The summed E-state index contributed by atoms with van der Waals surface area (Å²) >= 11 is 0. The molecule has 8 nitrogen and oxygen atoms in total. The zero-order valence-electron chi connectivity index (χ0n) is 27.3. The lowest BCUT2D eigenvalue weighted by Crippen LogP contribution is -2.43. The molecule has 0 spiro atoms. The maximum atomic E-state index is 13.0. The molecule has 1 N–H and O–H groups in total. The van der Waals surface area contributed by atoms with E-state index >= 15 is 0 Å². The van der Waals surface area contributed by atoms with Crippen molar-refractivity contribution in [3.05, 3.63) is 108 Å². The highest BCUT2D eigenvalue weighted by molar-refractivity contribution is 6.00. The van der Waals surface area contributed by atoms with Gasteiger partial charge in [0.2, 0.25) is 11.8 Å². The summed E-state index contributed by atoms with van der Waals surface area (Å²) in [5.41, 5.74) is 5.86. The number of pyridine rings is 1. The fraction of sp³-hybridized carbons (Fsp3) is 0.324. The number of likely N-dealkylation sites (N-methyl/N-ethyl adjacent to an activating group) is 1. The molecule has 1 atom stereocenters. The Kier molecular flexibility index (Phi) is 10.8. The molecule has 45 heavy (non-hydrogen) atoms. The van der Waals surface area contributed by atoms with Crippen molar-refractivity contribution in [2.75, 3.05) is 27.2 Å². The number of H-pyrrole nitrogens is 1. The second-order valence-corrected chi connectivity index (χ2v) is 12.1. The zero-order chi connectivity index (χ0) is 32.6. The standard InChI is InChI=1S/C37H44N4O4/c1-8-30(27-14-10-9-11-15-27)35(32-24-28-16-12-13-17-31(28)39-32)29-19-20-33(38-25-29)44-23-22-41(36(43)45-37(3,4)5)26(2)18-21-34(42)40(6)7/h9-21,24-26,39H,8,22-23H2,1-7H3/b21-18+,35-30+. The number of hydrogen-bond acceptors (Lipinski definition) is 5. The van der Waals surface area contributed by atoms with Gasteiger partial charge in [-0.2, -0.15) is 0 Å². The molecule has 0 aliphatic carbocycles. The van der Waals surface area contributed by atoms with Crippen molar-refractivity contribution in [3.63, 3.8) is 0 Å². The number of ether oxygens (including phenoxy) is 2. The summed E-state index contributed by atoms with van der Waals surface area (Å²) in [6.07, 6.45) is 5.33. The quantitative estimate of drug-likeness (QED) is 0.177. The molecule has 0 aliphatic rings. The molecule has 8 heteroatoms. The summed E-state index contributed by atoms with van der Waals surface area (Å²) < 4.78 is 11.6. The van der Waals surface area contributed by atoms with Crippen molar-refractivity contribution >= 4 is 34.0 Å². The number of rotatable bonds is 11. The van der Waals surface area contributed by atoms with E-state index in [4.69, 9.17) is 9.47 Å².